The summed E-state index contributed by atoms with van der Waals surface area (Å²) in [6, 6.07) is 7.31. The first-order chi connectivity index (χ1) is 8.24. The predicted molar refractivity (Wildman–Crippen MR) is 69.5 cm³/mol. The topological polar surface area (TPSA) is 12.0 Å². The maximum atomic E-state index is 12.8. The molecular weight excluding hydrogens is 213 g/mol. The number of nitrogens with one attached hydrogen (secondary N) is 1. The number of rotatable bonds is 5. The van der Waals surface area contributed by atoms with Gasteiger partial charge in [-0.1, -0.05) is 25.0 Å². The van der Waals surface area contributed by atoms with Crippen LogP contribution in [0.25, 0.3) is 0 Å². The van der Waals surface area contributed by atoms with Gasteiger partial charge in [0.05, 0.1) is 0 Å². The molecule has 1 nitrogen and oxygen atoms in total. The zero-order chi connectivity index (χ0) is 12.1. The summed E-state index contributed by atoms with van der Waals surface area (Å²) in [6.45, 7) is 3.35. The predicted octanol–water partition coefficient (Wildman–Crippen LogP) is 3.54. The fourth-order valence-corrected chi connectivity index (χ4v) is 2.63. The van der Waals surface area contributed by atoms with Crippen LogP contribution in [0.3, 0.4) is 0 Å². The molecule has 0 aromatic heterocycles. The highest BCUT2D eigenvalue weighted by Crippen LogP contribution is 2.23. The lowest BCUT2D eigenvalue weighted by atomic mass is 10.1. The standard InChI is InChI=1S/C15H22FN/c1-12(17-11-14-4-2-3-5-14)10-13-6-8-15(16)9-7-13/h6-9,12,14,17H,2-5,10-11H2,1H3. The van der Waals surface area contributed by atoms with Gasteiger partial charge >= 0.3 is 0 Å². The smallest absolute Gasteiger partial charge is 0.123 e. The molecule has 0 spiro atoms. The molecule has 0 bridgehead atoms. The summed E-state index contributed by atoms with van der Waals surface area (Å²) in [4.78, 5) is 0. The van der Waals surface area contributed by atoms with Crippen LogP contribution in [0.2, 0.25) is 0 Å². The summed E-state index contributed by atoms with van der Waals surface area (Å²) in [5.41, 5.74) is 1.21. The van der Waals surface area contributed by atoms with Crippen LogP contribution in [0, 0.1) is 11.7 Å². The third-order valence-electron chi connectivity index (χ3n) is 3.68. The molecule has 1 saturated carbocycles. The molecule has 2 heteroatoms. The highest BCUT2D eigenvalue weighted by Gasteiger charge is 2.15. The second-order valence-electron chi connectivity index (χ2n) is 5.29. The molecule has 0 heterocycles. The maximum absolute atomic E-state index is 12.8. The average Bonchev–Trinajstić information content (AvgIpc) is 2.83. The minimum absolute atomic E-state index is 0.152. The van der Waals surface area contributed by atoms with Crippen LogP contribution in [0.4, 0.5) is 4.39 Å². The van der Waals surface area contributed by atoms with Crippen LogP contribution in [-0.4, -0.2) is 12.6 Å². The maximum Gasteiger partial charge on any atom is 0.123 e. The summed E-state index contributed by atoms with van der Waals surface area (Å²) < 4.78 is 12.8. The monoisotopic (exact) mass is 235 g/mol. The van der Waals surface area contributed by atoms with Crippen molar-refractivity contribution in [2.45, 2.75) is 45.1 Å². The Kier molecular flexibility index (Phi) is 4.55. The number of hydrogen-bond donors (Lipinski definition) is 1. The Labute approximate surface area is 103 Å². The van der Waals surface area contributed by atoms with Gasteiger partial charge < -0.3 is 5.32 Å². The van der Waals surface area contributed by atoms with E-state index in [4.69, 9.17) is 0 Å². The van der Waals surface area contributed by atoms with E-state index < -0.39 is 0 Å². The van der Waals surface area contributed by atoms with Crippen molar-refractivity contribution in [3.63, 3.8) is 0 Å². The zero-order valence-electron chi connectivity index (χ0n) is 10.6. The van der Waals surface area contributed by atoms with E-state index in [0.717, 1.165) is 18.9 Å². The molecule has 17 heavy (non-hydrogen) atoms. The van der Waals surface area contributed by atoms with Gasteiger partial charge in [-0.2, -0.15) is 0 Å². The van der Waals surface area contributed by atoms with Crippen LogP contribution < -0.4 is 5.32 Å². The van der Waals surface area contributed by atoms with E-state index in [9.17, 15) is 4.39 Å². The minimum atomic E-state index is -0.152. The van der Waals surface area contributed by atoms with Gasteiger partial charge in [-0.25, -0.2) is 4.39 Å². The Morgan fingerprint density at radius 1 is 1.24 bits per heavy atom. The fourth-order valence-electron chi connectivity index (χ4n) is 2.63. The molecule has 1 unspecified atom stereocenters. The molecule has 1 N–H and O–H groups in total. The van der Waals surface area contributed by atoms with Gasteiger partial charge in [0.25, 0.3) is 0 Å². The quantitative estimate of drug-likeness (QED) is 0.823. The third kappa shape index (κ3) is 4.12. The Morgan fingerprint density at radius 3 is 2.53 bits per heavy atom. The van der Waals surface area contributed by atoms with Crippen LogP contribution >= 0.6 is 0 Å². The number of hydrogen-bond acceptors (Lipinski definition) is 1. The van der Waals surface area contributed by atoms with E-state index in [1.807, 2.05) is 12.1 Å². The molecule has 1 aromatic rings. The lowest BCUT2D eigenvalue weighted by molar-refractivity contribution is 0.443. The van der Waals surface area contributed by atoms with E-state index >= 15 is 0 Å². The van der Waals surface area contributed by atoms with Crippen molar-refractivity contribution in [1.29, 1.82) is 0 Å². The van der Waals surface area contributed by atoms with E-state index in [2.05, 4.69) is 12.2 Å². The van der Waals surface area contributed by atoms with E-state index in [0.29, 0.717) is 6.04 Å². The van der Waals surface area contributed by atoms with Crippen molar-refractivity contribution in [3.05, 3.63) is 35.6 Å². The molecule has 0 amide bonds. The van der Waals surface area contributed by atoms with Gasteiger partial charge in [-0.15, -0.1) is 0 Å². The lowest BCUT2D eigenvalue weighted by Gasteiger charge is -2.17. The van der Waals surface area contributed by atoms with Crippen molar-refractivity contribution in [2.24, 2.45) is 5.92 Å². The van der Waals surface area contributed by atoms with Gasteiger partial charge in [0.15, 0.2) is 0 Å². The number of halogens is 1. The number of benzene rings is 1. The highest BCUT2D eigenvalue weighted by molar-refractivity contribution is 5.16. The molecule has 1 aromatic carbocycles. The van der Waals surface area contributed by atoms with Gasteiger partial charge in [-0.3, -0.25) is 0 Å². The van der Waals surface area contributed by atoms with Crippen LogP contribution in [-0.2, 0) is 6.42 Å². The molecule has 1 aliphatic rings. The average molecular weight is 235 g/mol. The molecule has 94 valence electrons. The van der Waals surface area contributed by atoms with Crippen molar-refractivity contribution in [2.75, 3.05) is 6.54 Å². The first kappa shape index (κ1) is 12.6. The minimum Gasteiger partial charge on any atom is -0.314 e. The molecule has 0 saturated heterocycles. The zero-order valence-corrected chi connectivity index (χ0v) is 10.6. The Balaban J connectivity index is 1.72. The van der Waals surface area contributed by atoms with Crippen LogP contribution in [0.5, 0.6) is 0 Å². The molecule has 0 radical (unpaired) electrons. The summed E-state index contributed by atoms with van der Waals surface area (Å²) in [6.07, 6.45) is 6.55. The molecule has 0 aliphatic heterocycles. The molecule has 2 rings (SSSR count). The van der Waals surface area contributed by atoms with E-state index in [-0.39, 0.29) is 5.82 Å². The highest BCUT2D eigenvalue weighted by atomic mass is 19.1. The van der Waals surface area contributed by atoms with E-state index in [1.165, 1.54) is 31.2 Å². The first-order valence-corrected chi connectivity index (χ1v) is 6.72. The van der Waals surface area contributed by atoms with Crippen molar-refractivity contribution in [3.8, 4) is 0 Å². The molecule has 1 atom stereocenters. The summed E-state index contributed by atoms with van der Waals surface area (Å²) in [5, 5.41) is 3.59. The van der Waals surface area contributed by atoms with Gasteiger partial charge in [0.2, 0.25) is 0 Å². The summed E-state index contributed by atoms with van der Waals surface area (Å²) in [7, 11) is 0. The molecular formula is C15H22FN. The fraction of sp³-hybridized carbons (Fsp3) is 0.600. The second kappa shape index (κ2) is 6.15. The van der Waals surface area contributed by atoms with Gasteiger partial charge in [0.1, 0.15) is 5.82 Å². The summed E-state index contributed by atoms with van der Waals surface area (Å²) >= 11 is 0. The Hall–Kier alpha value is -0.890. The molecule has 1 fully saturated rings. The van der Waals surface area contributed by atoms with Crippen molar-refractivity contribution < 1.29 is 4.39 Å². The second-order valence-corrected chi connectivity index (χ2v) is 5.29. The Bertz CT molecular complexity index is 327. The Morgan fingerprint density at radius 2 is 1.88 bits per heavy atom. The normalized spacial score (nSPS) is 18.5. The lowest BCUT2D eigenvalue weighted by Crippen LogP contribution is -2.32. The van der Waals surface area contributed by atoms with E-state index in [1.54, 1.807) is 12.1 Å². The summed E-state index contributed by atoms with van der Waals surface area (Å²) in [5.74, 6) is 0.728. The SMILES string of the molecule is CC(Cc1ccc(F)cc1)NCC1CCCC1. The van der Waals surface area contributed by atoms with Crippen molar-refractivity contribution >= 4 is 0 Å². The largest absolute Gasteiger partial charge is 0.314 e. The van der Waals surface area contributed by atoms with Crippen molar-refractivity contribution in [1.82, 2.24) is 5.32 Å². The van der Waals surface area contributed by atoms with Crippen LogP contribution in [0.1, 0.15) is 38.2 Å². The molecule has 1 aliphatic carbocycles. The third-order valence-corrected chi connectivity index (χ3v) is 3.68. The first-order valence-electron chi connectivity index (χ1n) is 6.72. The van der Waals surface area contributed by atoms with Gasteiger partial charge in [0, 0.05) is 6.04 Å². The van der Waals surface area contributed by atoms with Crippen LogP contribution in [0.15, 0.2) is 24.3 Å². The van der Waals surface area contributed by atoms with Gasteiger partial charge in [-0.05, 0) is 56.3 Å².